The van der Waals surface area contributed by atoms with Crippen LogP contribution in [0.3, 0.4) is 0 Å². The second kappa shape index (κ2) is 3.42. The lowest BCUT2D eigenvalue weighted by molar-refractivity contribution is 0.829. The van der Waals surface area contributed by atoms with Crippen LogP contribution in [0, 0.1) is 0 Å². The summed E-state index contributed by atoms with van der Waals surface area (Å²) in [4.78, 5) is 4.55. The molecule has 0 amide bonds. The Morgan fingerprint density at radius 1 is 1.43 bits per heavy atom. The van der Waals surface area contributed by atoms with E-state index in [1.165, 1.54) is 5.52 Å². The largest absolute Gasteiger partial charge is 0.331 e. The van der Waals surface area contributed by atoms with Crippen molar-refractivity contribution in [3.63, 3.8) is 0 Å². The summed E-state index contributed by atoms with van der Waals surface area (Å²) in [5, 5.41) is 0. The number of nitrogens with two attached hydrogens (primary N) is 1. The van der Waals surface area contributed by atoms with Crippen LogP contribution in [-0.4, -0.2) is 9.55 Å². The van der Waals surface area contributed by atoms with Crippen molar-refractivity contribution in [3.05, 3.63) is 29.6 Å². The molecule has 1 aromatic carbocycles. The van der Waals surface area contributed by atoms with Gasteiger partial charge in [0, 0.05) is 20.0 Å². The number of imidazole rings is 1. The molecule has 0 saturated heterocycles. The summed E-state index contributed by atoms with van der Waals surface area (Å²) >= 11 is 0. The Kier molecular flexibility index (Phi) is 2.25. The second-order valence-corrected chi connectivity index (χ2v) is 3.47. The molecule has 1 heterocycles. The third-order valence-electron chi connectivity index (χ3n) is 2.59. The Bertz CT molecular complexity index is 457. The van der Waals surface area contributed by atoms with Crippen LogP contribution in [-0.2, 0) is 20.0 Å². The summed E-state index contributed by atoms with van der Waals surface area (Å²) in [6.07, 6.45) is 0.961. The number of rotatable bonds is 2. The fraction of sp³-hybridized carbons (Fsp3) is 0.364. The van der Waals surface area contributed by atoms with Crippen molar-refractivity contribution in [2.45, 2.75) is 19.9 Å². The van der Waals surface area contributed by atoms with Gasteiger partial charge in [0.1, 0.15) is 5.82 Å². The molecule has 0 aliphatic rings. The number of benzene rings is 1. The van der Waals surface area contributed by atoms with Crippen LogP contribution in [0.4, 0.5) is 0 Å². The highest BCUT2D eigenvalue weighted by Gasteiger charge is 2.05. The van der Waals surface area contributed by atoms with Gasteiger partial charge in [-0.1, -0.05) is 13.0 Å². The van der Waals surface area contributed by atoms with E-state index in [0.717, 1.165) is 23.3 Å². The molecule has 2 rings (SSSR count). The lowest BCUT2D eigenvalue weighted by Crippen LogP contribution is -1.96. The summed E-state index contributed by atoms with van der Waals surface area (Å²) in [6, 6.07) is 6.21. The minimum atomic E-state index is 0.577. The van der Waals surface area contributed by atoms with Crippen LogP contribution in [0.25, 0.3) is 11.0 Å². The molecule has 2 N–H and O–H groups in total. The molecule has 1 aromatic heterocycles. The quantitative estimate of drug-likeness (QED) is 0.779. The molecule has 0 spiro atoms. The first-order valence-corrected chi connectivity index (χ1v) is 4.90. The lowest BCUT2D eigenvalue weighted by atomic mass is 10.2. The average Bonchev–Trinajstić information content (AvgIpc) is 2.55. The van der Waals surface area contributed by atoms with E-state index in [-0.39, 0.29) is 0 Å². The average molecular weight is 189 g/mol. The van der Waals surface area contributed by atoms with Crippen LogP contribution < -0.4 is 5.73 Å². The third-order valence-corrected chi connectivity index (χ3v) is 2.59. The van der Waals surface area contributed by atoms with Gasteiger partial charge in [-0.3, -0.25) is 0 Å². The maximum absolute atomic E-state index is 5.58. The van der Waals surface area contributed by atoms with E-state index >= 15 is 0 Å². The highest BCUT2D eigenvalue weighted by Crippen LogP contribution is 2.16. The van der Waals surface area contributed by atoms with Crippen molar-refractivity contribution in [2.24, 2.45) is 12.8 Å². The standard InChI is InChI=1S/C11H15N3/c1-3-11-13-9-6-8(7-12)4-5-10(9)14(11)2/h4-6H,3,7,12H2,1-2H3. The van der Waals surface area contributed by atoms with Gasteiger partial charge in [0.15, 0.2) is 0 Å². The molecule has 3 nitrogen and oxygen atoms in total. The van der Waals surface area contributed by atoms with E-state index in [4.69, 9.17) is 5.73 Å². The minimum Gasteiger partial charge on any atom is -0.331 e. The molecule has 0 unspecified atom stereocenters. The molecular weight excluding hydrogens is 174 g/mol. The maximum atomic E-state index is 5.58. The van der Waals surface area contributed by atoms with Crippen LogP contribution in [0.2, 0.25) is 0 Å². The van der Waals surface area contributed by atoms with E-state index < -0.39 is 0 Å². The van der Waals surface area contributed by atoms with Crippen molar-refractivity contribution in [2.75, 3.05) is 0 Å². The summed E-state index contributed by atoms with van der Waals surface area (Å²) in [6.45, 7) is 2.69. The van der Waals surface area contributed by atoms with Gasteiger partial charge in [0.25, 0.3) is 0 Å². The van der Waals surface area contributed by atoms with Gasteiger partial charge in [-0.15, -0.1) is 0 Å². The van der Waals surface area contributed by atoms with E-state index in [9.17, 15) is 0 Å². The Balaban J connectivity index is 2.66. The molecule has 74 valence electrons. The summed E-state index contributed by atoms with van der Waals surface area (Å²) in [7, 11) is 2.05. The van der Waals surface area contributed by atoms with Crippen molar-refractivity contribution in [3.8, 4) is 0 Å². The molecule has 0 atom stereocenters. The van der Waals surface area contributed by atoms with Gasteiger partial charge in [0.05, 0.1) is 11.0 Å². The summed E-state index contributed by atoms with van der Waals surface area (Å²) in [5.41, 5.74) is 8.95. The Morgan fingerprint density at radius 2 is 2.21 bits per heavy atom. The van der Waals surface area contributed by atoms with Crippen molar-refractivity contribution in [1.82, 2.24) is 9.55 Å². The van der Waals surface area contributed by atoms with Gasteiger partial charge in [-0.05, 0) is 17.7 Å². The predicted octanol–water partition coefficient (Wildman–Crippen LogP) is 1.59. The zero-order valence-corrected chi connectivity index (χ0v) is 8.62. The van der Waals surface area contributed by atoms with Gasteiger partial charge in [0.2, 0.25) is 0 Å². The first-order chi connectivity index (χ1) is 6.76. The maximum Gasteiger partial charge on any atom is 0.109 e. The highest BCUT2D eigenvalue weighted by atomic mass is 15.1. The Hall–Kier alpha value is -1.35. The molecule has 2 aromatic rings. The molecular formula is C11H15N3. The first-order valence-electron chi connectivity index (χ1n) is 4.90. The van der Waals surface area contributed by atoms with E-state index in [1.807, 2.05) is 0 Å². The van der Waals surface area contributed by atoms with Gasteiger partial charge in [-0.25, -0.2) is 4.98 Å². The molecule has 3 heteroatoms. The first kappa shape index (κ1) is 9.21. The highest BCUT2D eigenvalue weighted by molar-refractivity contribution is 5.76. The predicted molar refractivity (Wildman–Crippen MR) is 58.0 cm³/mol. The lowest BCUT2D eigenvalue weighted by Gasteiger charge is -1.98. The topological polar surface area (TPSA) is 43.8 Å². The molecule has 0 radical (unpaired) electrons. The molecule has 0 fully saturated rings. The third kappa shape index (κ3) is 1.30. The van der Waals surface area contributed by atoms with Crippen LogP contribution >= 0.6 is 0 Å². The number of hydrogen-bond donors (Lipinski definition) is 1. The fourth-order valence-electron chi connectivity index (χ4n) is 1.74. The Morgan fingerprint density at radius 3 is 2.86 bits per heavy atom. The van der Waals surface area contributed by atoms with Crippen LogP contribution in [0.15, 0.2) is 18.2 Å². The molecule has 0 saturated carbocycles. The molecule has 0 aliphatic heterocycles. The number of aryl methyl sites for hydroxylation is 2. The number of nitrogens with zero attached hydrogens (tertiary/aromatic N) is 2. The normalized spacial score (nSPS) is 11.1. The molecule has 0 bridgehead atoms. The van der Waals surface area contributed by atoms with Crippen LogP contribution in [0.1, 0.15) is 18.3 Å². The minimum absolute atomic E-state index is 0.577. The summed E-state index contributed by atoms with van der Waals surface area (Å²) < 4.78 is 2.13. The van der Waals surface area contributed by atoms with E-state index in [1.54, 1.807) is 0 Å². The molecule has 14 heavy (non-hydrogen) atoms. The van der Waals surface area contributed by atoms with Crippen molar-refractivity contribution in [1.29, 1.82) is 0 Å². The van der Waals surface area contributed by atoms with Crippen molar-refractivity contribution >= 4 is 11.0 Å². The number of aromatic nitrogens is 2. The zero-order valence-electron chi connectivity index (χ0n) is 8.62. The van der Waals surface area contributed by atoms with Gasteiger partial charge < -0.3 is 10.3 Å². The monoisotopic (exact) mass is 189 g/mol. The van der Waals surface area contributed by atoms with Crippen molar-refractivity contribution < 1.29 is 0 Å². The Labute approximate surface area is 83.6 Å². The SMILES string of the molecule is CCc1nc2cc(CN)ccc2n1C. The second-order valence-electron chi connectivity index (χ2n) is 3.47. The fourth-order valence-corrected chi connectivity index (χ4v) is 1.74. The van der Waals surface area contributed by atoms with Gasteiger partial charge in [-0.2, -0.15) is 0 Å². The smallest absolute Gasteiger partial charge is 0.109 e. The zero-order chi connectivity index (χ0) is 10.1. The van der Waals surface area contributed by atoms with Gasteiger partial charge >= 0.3 is 0 Å². The number of fused-ring (bicyclic) bond motifs is 1. The molecule has 0 aliphatic carbocycles. The van der Waals surface area contributed by atoms with E-state index in [2.05, 4.69) is 41.7 Å². The summed E-state index contributed by atoms with van der Waals surface area (Å²) in [5.74, 6) is 1.12. The van der Waals surface area contributed by atoms with Crippen LogP contribution in [0.5, 0.6) is 0 Å². The van der Waals surface area contributed by atoms with E-state index in [0.29, 0.717) is 6.54 Å². The number of hydrogen-bond acceptors (Lipinski definition) is 2.